The van der Waals surface area contributed by atoms with Gasteiger partial charge in [-0.15, -0.1) is 12.4 Å². The molecule has 0 aliphatic carbocycles. The summed E-state index contributed by atoms with van der Waals surface area (Å²) in [7, 11) is 7.96. The van der Waals surface area contributed by atoms with Crippen LogP contribution in [0.15, 0.2) is 97.1 Å². The lowest BCUT2D eigenvalue weighted by atomic mass is 9.85. The van der Waals surface area contributed by atoms with Crippen molar-refractivity contribution in [1.29, 1.82) is 0 Å². The summed E-state index contributed by atoms with van der Waals surface area (Å²) in [6.07, 6.45) is -0.408. The van der Waals surface area contributed by atoms with Crippen molar-refractivity contribution in [1.82, 2.24) is 10.2 Å². The van der Waals surface area contributed by atoms with Crippen LogP contribution in [-0.4, -0.2) is 91.5 Å². The second-order valence-corrected chi connectivity index (χ2v) is 17.6. The predicted octanol–water partition coefficient (Wildman–Crippen LogP) is 8.39. The molecule has 6 rings (SSSR count). The molecule has 2 aliphatic rings. The quantitative estimate of drug-likeness (QED) is 0.146. The molecule has 0 bridgehead atoms. The number of halogens is 1. The molecule has 0 aromatic heterocycles. The Morgan fingerprint density at radius 2 is 1.17 bits per heavy atom. The van der Waals surface area contributed by atoms with E-state index in [1.54, 1.807) is 4.90 Å². The Bertz CT molecular complexity index is 1930. The topological polar surface area (TPSA) is 107 Å². The van der Waals surface area contributed by atoms with E-state index in [-0.39, 0.29) is 18.4 Å². The first-order valence-corrected chi connectivity index (χ1v) is 19.9. The zero-order valence-electron chi connectivity index (χ0n) is 36.2. The molecule has 316 valence electrons. The van der Waals surface area contributed by atoms with Gasteiger partial charge in [-0.3, -0.25) is 4.90 Å². The minimum Gasteiger partial charge on any atom is -0.485 e. The van der Waals surface area contributed by atoms with Crippen molar-refractivity contribution in [3.8, 4) is 11.5 Å². The molecule has 0 saturated carbocycles. The van der Waals surface area contributed by atoms with E-state index in [1.165, 1.54) is 5.56 Å². The van der Waals surface area contributed by atoms with Crippen molar-refractivity contribution in [2.24, 2.45) is 0 Å². The maximum absolute atomic E-state index is 13.4. The first kappa shape index (κ1) is 46.2. The molecule has 1 amide bonds. The van der Waals surface area contributed by atoms with Gasteiger partial charge in [-0.25, -0.2) is 4.79 Å². The third kappa shape index (κ3) is 11.4. The van der Waals surface area contributed by atoms with E-state index in [2.05, 4.69) is 52.7 Å². The van der Waals surface area contributed by atoms with Crippen LogP contribution in [0, 0.1) is 0 Å². The number of aliphatic hydroxyl groups excluding tert-OH is 2. The van der Waals surface area contributed by atoms with Crippen molar-refractivity contribution in [3.05, 3.63) is 119 Å². The second-order valence-electron chi connectivity index (χ2n) is 17.6. The Hall–Kier alpha value is -4.48. The summed E-state index contributed by atoms with van der Waals surface area (Å²) in [6.45, 7) is 14.3. The lowest BCUT2D eigenvalue weighted by Gasteiger charge is -2.46. The molecule has 0 radical (unpaired) electrons. The van der Waals surface area contributed by atoms with Crippen molar-refractivity contribution < 1.29 is 29.2 Å². The van der Waals surface area contributed by atoms with Gasteiger partial charge in [-0.2, -0.15) is 0 Å². The standard InChI is InChI=1S/C26H36N2O4.C21H28N2O2.ClH/c1-25(2,3)32-24(30)28(16-15-18-11-9-8-10-12-18)22-20-14-13-19(27(6)7)17-21(20)31-26(4,5)23(22)29;1-21(2)20(24)19(22-13-12-15-8-6-5-7-9-15)17-11-10-16(23(3)4)14-18(17)25-21;/h8-14,17,22-23,29H,15-16H2,1-7H3;5-11,14,19-20,22,24H,12-13H2,1-4H3;1H/t22-,23+;19-,20+;/m00./s1. The summed E-state index contributed by atoms with van der Waals surface area (Å²) >= 11 is 0. The summed E-state index contributed by atoms with van der Waals surface area (Å²) in [5, 5.41) is 25.7. The van der Waals surface area contributed by atoms with Gasteiger partial charge in [-0.1, -0.05) is 72.8 Å². The molecule has 0 spiro atoms. The number of hydrogen-bond acceptors (Lipinski definition) is 9. The van der Waals surface area contributed by atoms with Gasteiger partial charge in [0.15, 0.2) is 0 Å². The number of ether oxygens (including phenoxy) is 3. The molecule has 3 N–H and O–H groups in total. The maximum atomic E-state index is 13.4. The predicted molar refractivity (Wildman–Crippen MR) is 237 cm³/mol. The van der Waals surface area contributed by atoms with Crippen LogP contribution in [0.1, 0.15) is 82.8 Å². The highest BCUT2D eigenvalue weighted by Gasteiger charge is 2.48. The van der Waals surface area contributed by atoms with Crippen molar-refractivity contribution in [3.63, 3.8) is 0 Å². The van der Waals surface area contributed by atoms with E-state index in [0.29, 0.717) is 18.7 Å². The normalized spacial score (nSPS) is 19.9. The summed E-state index contributed by atoms with van der Waals surface area (Å²) < 4.78 is 18.1. The molecule has 0 fully saturated rings. The Morgan fingerprint density at radius 1 is 0.707 bits per heavy atom. The molecule has 0 saturated heterocycles. The number of nitrogens with zero attached hydrogens (tertiary/aromatic N) is 3. The van der Waals surface area contributed by atoms with E-state index < -0.39 is 41.1 Å². The van der Waals surface area contributed by atoms with Crippen LogP contribution in [0.3, 0.4) is 0 Å². The van der Waals surface area contributed by atoms with Crippen molar-refractivity contribution in [2.75, 3.05) is 51.1 Å². The monoisotopic (exact) mass is 816 g/mol. The smallest absolute Gasteiger partial charge is 0.410 e. The number of amides is 1. The third-order valence-electron chi connectivity index (χ3n) is 10.5. The number of aliphatic hydroxyl groups is 2. The van der Waals surface area contributed by atoms with Crippen LogP contribution >= 0.6 is 12.4 Å². The average Bonchev–Trinajstić information content (AvgIpc) is 3.14. The summed E-state index contributed by atoms with van der Waals surface area (Å²) in [4.78, 5) is 19.1. The van der Waals surface area contributed by atoms with Gasteiger partial charge in [0.05, 0.1) is 12.1 Å². The molecule has 4 aromatic carbocycles. The zero-order valence-corrected chi connectivity index (χ0v) is 37.0. The highest BCUT2D eigenvalue weighted by molar-refractivity contribution is 5.85. The fourth-order valence-corrected chi connectivity index (χ4v) is 7.23. The molecule has 10 nitrogen and oxygen atoms in total. The van der Waals surface area contributed by atoms with E-state index in [0.717, 1.165) is 46.8 Å². The molecule has 58 heavy (non-hydrogen) atoms. The van der Waals surface area contributed by atoms with Crippen LogP contribution < -0.4 is 24.6 Å². The van der Waals surface area contributed by atoms with Gasteiger partial charge in [0.1, 0.15) is 40.5 Å². The largest absolute Gasteiger partial charge is 0.485 e. The van der Waals surface area contributed by atoms with Gasteiger partial charge in [-0.05, 0) is 91.1 Å². The molecule has 11 heteroatoms. The number of anilines is 2. The van der Waals surface area contributed by atoms with E-state index in [4.69, 9.17) is 14.2 Å². The van der Waals surface area contributed by atoms with Gasteiger partial charge < -0.3 is 39.5 Å². The lowest BCUT2D eigenvalue weighted by molar-refractivity contribution is -0.0937. The Labute approximate surface area is 352 Å². The Kier molecular flexibility index (Phi) is 15.2. The van der Waals surface area contributed by atoms with Crippen LogP contribution in [0.25, 0.3) is 0 Å². The Morgan fingerprint density at radius 3 is 1.67 bits per heavy atom. The van der Waals surface area contributed by atoms with Crippen LogP contribution in [0.2, 0.25) is 0 Å². The van der Waals surface area contributed by atoms with E-state index in [9.17, 15) is 15.0 Å². The fourth-order valence-electron chi connectivity index (χ4n) is 7.23. The van der Waals surface area contributed by atoms with Gasteiger partial charge in [0.25, 0.3) is 0 Å². The summed E-state index contributed by atoms with van der Waals surface area (Å²) in [5.74, 6) is 1.52. The minimum absolute atomic E-state index is 0. The number of carbonyl (C=O) groups is 1. The zero-order chi connectivity index (χ0) is 41.7. The highest BCUT2D eigenvalue weighted by Crippen LogP contribution is 2.45. The minimum atomic E-state index is -0.927. The number of hydrogen-bond donors (Lipinski definition) is 3. The van der Waals surface area contributed by atoms with E-state index >= 15 is 0 Å². The van der Waals surface area contributed by atoms with Crippen LogP contribution in [-0.2, 0) is 17.6 Å². The number of rotatable bonds is 10. The highest BCUT2D eigenvalue weighted by atomic mass is 35.5. The Balaban J connectivity index is 0.000000259. The first-order chi connectivity index (χ1) is 26.8. The summed E-state index contributed by atoms with van der Waals surface area (Å²) in [5.41, 5.74) is 4.12. The SMILES string of the molecule is CN(C)c1ccc2c(c1)OC(C)(C)[C@H](O)[C@H]2N(CCc1ccccc1)C(=O)OC(C)(C)C.CN(C)c1ccc2c(c1)OC(C)(C)[C@H](O)[C@H]2NCCc1ccccc1.Cl. The fraction of sp³-hybridized carbons (Fsp3) is 0.468. The molecule has 0 unspecified atom stereocenters. The second kappa shape index (κ2) is 19.1. The van der Waals surface area contributed by atoms with Gasteiger partial charge in [0, 0.05) is 69.4 Å². The van der Waals surface area contributed by atoms with Crippen molar-refractivity contribution in [2.45, 2.75) is 102 Å². The average molecular weight is 818 g/mol. The van der Waals surface area contributed by atoms with Crippen LogP contribution in [0.5, 0.6) is 11.5 Å². The summed E-state index contributed by atoms with van der Waals surface area (Å²) in [6, 6.07) is 31.7. The molecule has 2 aliphatic heterocycles. The lowest BCUT2D eigenvalue weighted by Crippen LogP contribution is -2.55. The first-order valence-electron chi connectivity index (χ1n) is 19.9. The molecular formula is C47H65ClN4O6. The number of nitrogens with one attached hydrogen (secondary N) is 1. The van der Waals surface area contributed by atoms with Gasteiger partial charge in [0.2, 0.25) is 0 Å². The molecule has 2 heterocycles. The maximum Gasteiger partial charge on any atom is 0.410 e. The van der Waals surface area contributed by atoms with Gasteiger partial charge >= 0.3 is 6.09 Å². The third-order valence-corrected chi connectivity index (χ3v) is 10.5. The molecular weight excluding hydrogens is 752 g/mol. The number of carbonyl (C=O) groups excluding carboxylic acids is 1. The molecule has 4 aromatic rings. The molecule has 4 atom stereocenters. The number of fused-ring (bicyclic) bond motifs is 2. The number of benzene rings is 4. The van der Waals surface area contributed by atoms with E-state index in [1.807, 2.05) is 136 Å². The van der Waals surface area contributed by atoms with Crippen LogP contribution in [0.4, 0.5) is 16.2 Å². The van der Waals surface area contributed by atoms with Crippen molar-refractivity contribution >= 4 is 29.9 Å².